The van der Waals surface area contributed by atoms with E-state index in [0.29, 0.717) is 0 Å². The van der Waals surface area contributed by atoms with Crippen molar-refractivity contribution in [2.24, 2.45) is 0 Å². The van der Waals surface area contributed by atoms with Crippen LogP contribution in [0.15, 0.2) is 12.4 Å². The second kappa shape index (κ2) is 4.39. The lowest BCUT2D eigenvalue weighted by Crippen LogP contribution is -2.57. The van der Waals surface area contributed by atoms with Crippen LogP contribution in [-0.2, 0) is 4.74 Å². The maximum absolute atomic E-state index is 6.07. The molecule has 1 aromatic rings. The maximum Gasteiger partial charge on any atom is 0.134 e. The number of anilines is 2. The highest BCUT2D eigenvalue weighted by atomic mass is 16.5. The summed E-state index contributed by atoms with van der Waals surface area (Å²) in [6.07, 6.45) is 1.59. The zero-order valence-electron chi connectivity index (χ0n) is 11.8. The van der Waals surface area contributed by atoms with Crippen LogP contribution in [-0.4, -0.2) is 41.3 Å². The molecule has 18 heavy (non-hydrogen) atoms. The van der Waals surface area contributed by atoms with Crippen molar-refractivity contribution in [1.82, 2.24) is 9.97 Å². The molecule has 100 valence electrons. The van der Waals surface area contributed by atoms with Crippen LogP contribution in [0.3, 0.4) is 0 Å². The molecule has 0 aromatic carbocycles. The average molecular weight is 250 g/mol. The number of nitrogens with zero attached hydrogens (tertiary/aromatic N) is 3. The summed E-state index contributed by atoms with van der Waals surface area (Å²) in [5, 5.41) is 3.04. The SMILES string of the molecule is CNc1cc(N2CC(C)(C)OC(C)(C)C2)ncn1. The summed E-state index contributed by atoms with van der Waals surface area (Å²) in [5.74, 6) is 1.78. The zero-order valence-corrected chi connectivity index (χ0v) is 11.8. The molecular formula is C13H22N4O. The van der Waals surface area contributed by atoms with Crippen LogP contribution in [0, 0.1) is 0 Å². The van der Waals surface area contributed by atoms with E-state index in [1.54, 1.807) is 6.33 Å². The number of aromatic nitrogens is 2. The molecule has 0 amide bonds. The summed E-state index contributed by atoms with van der Waals surface area (Å²) in [6.45, 7) is 10.1. The van der Waals surface area contributed by atoms with E-state index in [1.807, 2.05) is 13.1 Å². The predicted molar refractivity (Wildman–Crippen MR) is 73.0 cm³/mol. The summed E-state index contributed by atoms with van der Waals surface area (Å²) in [7, 11) is 1.86. The number of hydrogen-bond donors (Lipinski definition) is 1. The van der Waals surface area contributed by atoms with Gasteiger partial charge in [0, 0.05) is 26.2 Å². The van der Waals surface area contributed by atoms with Gasteiger partial charge in [0.1, 0.15) is 18.0 Å². The van der Waals surface area contributed by atoms with Crippen molar-refractivity contribution in [3.8, 4) is 0 Å². The van der Waals surface area contributed by atoms with Gasteiger partial charge < -0.3 is 15.0 Å². The Hall–Kier alpha value is -1.36. The van der Waals surface area contributed by atoms with Crippen LogP contribution in [0.1, 0.15) is 27.7 Å². The van der Waals surface area contributed by atoms with Crippen LogP contribution in [0.4, 0.5) is 11.6 Å². The van der Waals surface area contributed by atoms with Gasteiger partial charge >= 0.3 is 0 Å². The monoisotopic (exact) mass is 250 g/mol. The molecule has 0 atom stereocenters. The highest BCUT2D eigenvalue weighted by Gasteiger charge is 2.38. The quantitative estimate of drug-likeness (QED) is 0.869. The Balaban J connectivity index is 2.26. The van der Waals surface area contributed by atoms with Gasteiger partial charge in [-0.25, -0.2) is 9.97 Å². The molecule has 0 radical (unpaired) electrons. The van der Waals surface area contributed by atoms with Crippen molar-refractivity contribution in [1.29, 1.82) is 0 Å². The van der Waals surface area contributed by atoms with Crippen molar-refractivity contribution in [2.75, 3.05) is 30.4 Å². The Morgan fingerprint density at radius 1 is 1.17 bits per heavy atom. The van der Waals surface area contributed by atoms with Crippen molar-refractivity contribution in [3.05, 3.63) is 12.4 Å². The van der Waals surface area contributed by atoms with Crippen LogP contribution in [0.25, 0.3) is 0 Å². The summed E-state index contributed by atoms with van der Waals surface area (Å²) in [5.41, 5.74) is -0.348. The lowest BCUT2D eigenvalue weighted by Gasteiger charge is -2.47. The van der Waals surface area contributed by atoms with E-state index in [4.69, 9.17) is 4.74 Å². The molecule has 0 saturated carbocycles. The topological polar surface area (TPSA) is 50.3 Å². The first-order valence-corrected chi connectivity index (χ1v) is 6.26. The van der Waals surface area contributed by atoms with E-state index in [0.717, 1.165) is 24.7 Å². The lowest BCUT2D eigenvalue weighted by molar-refractivity contribution is -0.133. The van der Waals surface area contributed by atoms with Gasteiger partial charge in [-0.1, -0.05) is 0 Å². The smallest absolute Gasteiger partial charge is 0.134 e. The molecule has 0 aliphatic carbocycles. The third-order valence-corrected chi connectivity index (χ3v) is 2.93. The molecule has 5 heteroatoms. The molecule has 1 aromatic heterocycles. The lowest BCUT2D eigenvalue weighted by atomic mass is 9.99. The molecule has 1 aliphatic heterocycles. The van der Waals surface area contributed by atoms with Gasteiger partial charge in [-0.2, -0.15) is 0 Å². The first kappa shape index (κ1) is 13.1. The van der Waals surface area contributed by atoms with Gasteiger partial charge in [-0.05, 0) is 27.7 Å². The predicted octanol–water partition coefficient (Wildman–Crippen LogP) is 1.91. The molecule has 0 unspecified atom stereocenters. The Morgan fingerprint density at radius 3 is 2.33 bits per heavy atom. The normalized spacial score (nSPS) is 21.7. The Bertz CT molecular complexity index is 415. The van der Waals surface area contributed by atoms with Gasteiger partial charge in [0.15, 0.2) is 0 Å². The van der Waals surface area contributed by atoms with Crippen LogP contribution in [0.2, 0.25) is 0 Å². The van der Waals surface area contributed by atoms with E-state index in [-0.39, 0.29) is 11.2 Å². The number of hydrogen-bond acceptors (Lipinski definition) is 5. The minimum Gasteiger partial charge on any atom is -0.373 e. The summed E-state index contributed by atoms with van der Waals surface area (Å²) in [6, 6.07) is 1.97. The van der Waals surface area contributed by atoms with Crippen molar-refractivity contribution < 1.29 is 4.74 Å². The molecule has 1 saturated heterocycles. The number of nitrogens with one attached hydrogen (secondary N) is 1. The third kappa shape index (κ3) is 2.90. The second-order valence-corrected chi connectivity index (χ2v) is 5.99. The zero-order chi connectivity index (χ0) is 13.4. The van der Waals surface area contributed by atoms with E-state index >= 15 is 0 Å². The number of morpholine rings is 1. The summed E-state index contributed by atoms with van der Waals surface area (Å²) >= 11 is 0. The standard InChI is InChI=1S/C13H22N4O/c1-12(2)7-17(8-13(3,4)18-12)11-6-10(14-5)15-9-16-11/h6,9H,7-8H2,1-5H3,(H,14,15,16). The minimum absolute atomic E-state index is 0.174. The fourth-order valence-electron chi connectivity index (χ4n) is 2.61. The summed E-state index contributed by atoms with van der Waals surface area (Å²) < 4.78 is 6.07. The van der Waals surface area contributed by atoms with Crippen molar-refractivity contribution in [2.45, 2.75) is 38.9 Å². The maximum atomic E-state index is 6.07. The first-order chi connectivity index (χ1) is 8.31. The van der Waals surface area contributed by atoms with Crippen LogP contribution < -0.4 is 10.2 Å². The third-order valence-electron chi connectivity index (χ3n) is 2.93. The molecule has 5 nitrogen and oxygen atoms in total. The van der Waals surface area contributed by atoms with E-state index in [9.17, 15) is 0 Å². The average Bonchev–Trinajstić information content (AvgIpc) is 2.25. The highest BCUT2D eigenvalue weighted by molar-refractivity contribution is 5.49. The first-order valence-electron chi connectivity index (χ1n) is 6.26. The van der Waals surface area contributed by atoms with E-state index in [2.05, 4.69) is 47.9 Å². The molecule has 1 aliphatic rings. The van der Waals surface area contributed by atoms with Crippen LogP contribution >= 0.6 is 0 Å². The molecule has 1 N–H and O–H groups in total. The van der Waals surface area contributed by atoms with Gasteiger partial charge in [0.25, 0.3) is 0 Å². The number of rotatable bonds is 2. The van der Waals surface area contributed by atoms with Gasteiger partial charge in [-0.3, -0.25) is 0 Å². The van der Waals surface area contributed by atoms with Gasteiger partial charge in [-0.15, -0.1) is 0 Å². The molecule has 2 heterocycles. The fraction of sp³-hybridized carbons (Fsp3) is 0.692. The molecule has 1 fully saturated rings. The van der Waals surface area contributed by atoms with Crippen molar-refractivity contribution in [3.63, 3.8) is 0 Å². The van der Waals surface area contributed by atoms with E-state index in [1.165, 1.54) is 0 Å². The Labute approximate surface area is 109 Å². The molecule has 0 spiro atoms. The largest absolute Gasteiger partial charge is 0.373 e. The molecular weight excluding hydrogens is 228 g/mol. The molecule has 0 bridgehead atoms. The van der Waals surface area contributed by atoms with E-state index < -0.39 is 0 Å². The Morgan fingerprint density at radius 2 is 1.78 bits per heavy atom. The van der Waals surface area contributed by atoms with Crippen LogP contribution in [0.5, 0.6) is 0 Å². The minimum atomic E-state index is -0.174. The number of ether oxygens (including phenoxy) is 1. The molecule has 2 rings (SSSR count). The summed E-state index contributed by atoms with van der Waals surface area (Å²) in [4.78, 5) is 10.8. The second-order valence-electron chi connectivity index (χ2n) is 5.99. The van der Waals surface area contributed by atoms with Gasteiger partial charge in [0.05, 0.1) is 11.2 Å². The fourth-order valence-corrected chi connectivity index (χ4v) is 2.61. The van der Waals surface area contributed by atoms with Crippen molar-refractivity contribution >= 4 is 11.6 Å². The van der Waals surface area contributed by atoms with Gasteiger partial charge in [0.2, 0.25) is 0 Å². The Kier molecular flexibility index (Phi) is 3.19. The highest BCUT2D eigenvalue weighted by Crippen LogP contribution is 2.30.